The first-order valence-corrected chi connectivity index (χ1v) is 16.0. The molecule has 2 aromatic rings. The Hall–Kier alpha value is -3.68. The van der Waals surface area contributed by atoms with Gasteiger partial charge in [-0.3, -0.25) is 14.6 Å². The first kappa shape index (κ1) is 31.7. The molecule has 0 aromatic heterocycles. The van der Waals surface area contributed by atoms with Gasteiger partial charge in [0.2, 0.25) is 0 Å². The van der Waals surface area contributed by atoms with E-state index in [1.54, 1.807) is 18.3 Å². The highest BCUT2D eigenvalue weighted by molar-refractivity contribution is 6.46. The number of nitrogens with zero attached hydrogens (tertiary/aromatic N) is 4. The molecule has 1 saturated carbocycles. The zero-order valence-corrected chi connectivity index (χ0v) is 27.0. The van der Waals surface area contributed by atoms with Crippen LogP contribution in [0, 0.1) is 22.6 Å². The molecule has 1 aliphatic carbocycles. The van der Waals surface area contributed by atoms with E-state index in [1.807, 2.05) is 29.2 Å². The van der Waals surface area contributed by atoms with Crippen LogP contribution >= 0.6 is 0 Å². The van der Waals surface area contributed by atoms with Gasteiger partial charge in [-0.15, -0.1) is 0 Å². The molecule has 1 fully saturated rings. The molecule has 0 radical (unpaired) electrons. The second-order valence-electron chi connectivity index (χ2n) is 14.5. The molecular weight excluding hydrogens is 553 g/mol. The van der Waals surface area contributed by atoms with E-state index in [1.165, 1.54) is 12.1 Å². The van der Waals surface area contributed by atoms with Crippen LogP contribution in [0.25, 0.3) is 0 Å². The first-order valence-electron chi connectivity index (χ1n) is 16.0. The van der Waals surface area contributed by atoms with Crippen LogP contribution in [0.4, 0.5) is 4.39 Å². The van der Waals surface area contributed by atoms with Gasteiger partial charge in [0, 0.05) is 11.1 Å². The normalized spacial score (nSPS) is 22.5. The summed E-state index contributed by atoms with van der Waals surface area (Å²) in [4.78, 5) is 34.6. The summed E-state index contributed by atoms with van der Waals surface area (Å²) in [6, 6.07) is 13.6. The molecule has 1 spiro atoms. The summed E-state index contributed by atoms with van der Waals surface area (Å²) in [6.45, 7) is 13.9. The number of aliphatic imine (C=N–C) groups is 1. The van der Waals surface area contributed by atoms with Crippen molar-refractivity contribution in [3.63, 3.8) is 0 Å². The van der Waals surface area contributed by atoms with E-state index in [4.69, 9.17) is 4.99 Å². The molecule has 5 rings (SSSR count). The molecule has 44 heavy (non-hydrogen) atoms. The Morgan fingerprint density at radius 2 is 1.77 bits per heavy atom. The van der Waals surface area contributed by atoms with Crippen molar-refractivity contribution in [3.05, 3.63) is 82.9 Å². The van der Waals surface area contributed by atoms with Crippen molar-refractivity contribution in [3.8, 4) is 0 Å². The summed E-state index contributed by atoms with van der Waals surface area (Å²) >= 11 is 0. The van der Waals surface area contributed by atoms with Crippen molar-refractivity contribution in [2.24, 2.45) is 32.0 Å². The number of halogens is 1. The van der Waals surface area contributed by atoms with E-state index >= 15 is 0 Å². The SMILES string of the molecule is CCC(C)(C)C1CCC2(CC1)N=C(c1cccc(F)c1)C(=O)N2C(CCC(C)(C)C)c1ccc(C(=O)NCC2=CN=N2)cc1. The van der Waals surface area contributed by atoms with Crippen LogP contribution in [0.2, 0.25) is 0 Å². The lowest BCUT2D eigenvalue weighted by atomic mass is 9.67. The standard InChI is InChI=1S/C36H46FN5O2/c1-7-35(5,6)27-15-19-36(20-16-27)40-31(26-9-8-10-28(37)21-26)33(44)42(36)30(17-18-34(2,3)4)24-11-13-25(14-12-24)32(43)38-22-29-23-39-41-29/h8-14,21,23,27,30H,7,15-20,22H2,1-6H3,(H,38,43). The van der Waals surface area contributed by atoms with Crippen LogP contribution in [-0.2, 0) is 4.79 Å². The zero-order chi connectivity index (χ0) is 31.7. The predicted octanol–water partition coefficient (Wildman–Crippen LogP) is 8.38. The van der Waals surface area contributed by atoms with Gasteiger partial charge >= 0.3 is 0 Å². The molecule has 2 aliphatic heterocycles. The third-order valence-corrected chi connectivity index (χ3v) is 9.95. The Labute approximate surface area is 261 Å². The second kappa shape index (κ2) is 12.4. The van der Waals surface area contributed by atoms with Crippen molar-refractivity contribution >= 4 is 17.5 Å². The highest BCUT2D eigenvalue weighted by Gasteiger charge is 2.53. The van der Waals surface area contributed by atoms with E-state index in [-0.39, 0.29) is 34.5 Å². The Morgan fingerprint density at radius 3 is 2.34 bits per heavy atom. The molecule has 1 N–H and O–H groups in total. The fourth-order valence-electron chi connectivity index (χ4n) is 6.74. The number of amides is 2. The molecule has 2 aromatic carbocycles. The number of nitrogens with one attached hydrogen (secondary N) is 1. The average molecular weight is 600 g/mol. The molecule has 0 saturated heterocycles. The number of rotatable bonds is 10. The zero-order valence-electron chi connectivity index (χ0n) is 27.0. The Balaban J connectivity index is 1.50. The maximum Gasteiger partial charge on any atom is 0.275 e. The van der Waals surface area contributed by atoms with Crippen LogP contribution < -0.4 is 5.32 Å². The summed E-state index contributed by atoms with van der Waals surface area (Å²) in [5.41, 5.74) is 2.69. The highest BCUT2D eigenvalue weighted by atomic mass is 19.1. The van der Waals surface area contributed by atoms with Gasteiger partial charge < -0.3 is 10.2 Å². The first-order chi connectivity index (χ1) is 20.8. The van der Waals surface area contributed by atoms with Crippen LogP contribution in [-0.4, -0.2) is 34.6 Å². The Kier molecular flexibility index (Phi) is 8.92. The summed E-state index contributed by atoms with van der Waals surface area (Å²) in [7, 11) is 0. The number of carbonyl (C=O) groups is 2. The van der Waals surface area contributed by atoms with Crippen LogP contribution in [0.1, 0.15) is 114 Å². The number of hydrogen-bond donors (Lipinski definition) is 1. The number of benzene rings is 2. The Bertz CT molecular complexity index is 1480. The summed E-state index contributed by atoms with van der Waals surface area (Å²) in [6.07, 6.45) is 7.86. The van der Waals surface area contributed by atoms with Crippen molar-refractivity contribution < 1.29 is 14.0 Å². The molecule has 3 aliphatic rings. The van der Waals surface area contributed by atoms with Crippen molar-refractivity contribution in [2.45, 2.75) is 98.2 Å². The number of azo groups is 1. The molecule has 1 unspecified atom stereocenters. The minimum Gasteiger partial charge on any atom is -0.346 e. The predicted molar refractivity (Wildman–Crippen MR) is 172 cm³/mol. The van der Waals surface area contributed by atoms with Crippen LogP contribution in [0.3, 0.4) is 0 Å². The molecule has 234 valence electrons. The number of carbonyl (C=O) groups excluding carboxylic acids is 2. The monoisotopic (exact) mass is 599 g/mol. The molecule has 0 bridgehead atoms. The second-order valence-corrected chi connectivity index (χ2v) is 14.5. The quantitative estimate of drug-likeness (QED) is 0.297. The van der Waals surface area contributed by atoms with Crippen LogP contribution in [0.5, 0.6) is 0 Å². The molecule has 1 atom stereocenters. The summed E-state index contributed by atoms with van der Waals surface area (Å²) in [5.74, 6) is -0.166. The van der Waals surface area contributed by atoms with Crippen LogP contribution in [0.15, 0.2) is 75.6 Å². The lowest BCUT2D eigenvalue weighted by Crippen LogP contribution is -2.51. The van der Waals surface area contributed by atoms with Gasteiger partial charge in [-0.25, -0.2) is 4.39 Å². The average Bonchev–Trinajstić information content (AvgIpc) is 3.23. The fourth-order valence-corrected chi connectivity index (χ4v) is 6.74. The van der Waals surface area contributed by atoms with Gasteiger partial charge in [0.15, 0.2) is 0 Å². The molecule has 8 heteroatoms. The minimum absolute atomic E-state index is 0.0522. The lowest BCUT2D eigenvalue weighted by molar-refractivity contribution is -0.134. The molecule has 2 amide bonds. The van der Waals surface area contributed by atoms with Crippen molar-refractivity contribution in [2.75, 3.05) is 6.54 Å². The lowest BCUT2D eigenvalue weighted by Gasteiger charge is -2.48. The highest BCUT2D eigenvalue weighted by Crippen LogP contribution is 2.51. The summed E-state index contributed by atoms with van der Waals surface area (Å²) < 4.78 is 14.4. The van der Waals surface area contributed by atoms with E-state index in [0.717, 1.165) is 56.2 Å². The van der Waals surface area contributed by atoms with E-state index < -0.39 is 5.66 Å². The molecule has 2 heterocycles. The van der Waals surface area contributed by atoms with Gasteiger partial charge in [-0.1, -0.05) is 72.2 Å². The maximum absolute atomic E-state index is 14.5. The van der Waals surface area contributed by atoms with Gasteiger partial charge in [-0.05, 0) is 85.1 Å². The minimum atomic E-state index is -0.692. The number of hydrogen-bond acceptors (Lipinski definition) is 5. The molecular formula is C36H46FN5O2. The van der Waals surface area contributed by atoms with E-state index in [9.17, 15) is 14.0 Å². The molecule has 7 nitrogen and oxygen atoms in total. The van der Waals surface area contributed by atoms with Crippen molar-refractivity contribution in [1.82, 2.24) is 10.2 Å². The van der Waals surface area contributed by atoms with Gasteiger partial charge in [0.25, 0.3) is 11.8 Å². The maximum atomic E-state index is 14.5. The summed E-state index contributed by atoms with van der Waals surface area (Å²) in [5, 5.41) is 10.4. The third-order valence-electron chi connectivity index (χ3n) is 9.95. The largest absolute Gasteiger partial charge is 0.346 e. The van der Waals surface area contributed by atoms with Gasteiger partial charge in [0.05, 0.1) is 18.8 Å². The third kappa shape index (κ3) is 6.69. The Morgan fingerprint density at radius 1 is 1.09 bits per heavy atom. The van der Waals surface area contributed by atoms with Gasteiger partial charge in [0.1, 0.15) is 22.9 Å². The smallest absolute Gasteiger partial charge is 0.275 e. The topological polar surface area (TPSA) is 86.5 Å². The fraction of sp³-hybridized carbons (Fsp3) is 0.528. The van der Waals surface area contributed by atoms with Crippen molar-refractivity contribution in [1.29, 1.82) is 0 Å². The van der Waals surface area contributed by atoms with E-state index in [0.29, 0.717) is 29.3 Å². The van der Waals surface area contributed by atoms with Gasteiger partial charge in [-0.2, -0.15) is 10.2 Å². The van der Waals surface area contributed by atoms with E-state index in [2.05, 4.69) is 57.1 Å².